The van der Waals surface area contributed by atoms with Crippen LogP contribution in [-0.4, -0.2) is 9.13 Å². The van der Waals surface area contributed by atoms with Gasteiger partial charge in [0.05, 0.1) is 6.54 Å². The Morgan fingerprint density at radius 3 is 2.60 bits per heavy atom. The summed E-state index contributed by atoms with van der Waals surface area (Å²) in [5, 5.41) is 3.49. The lowest BCUT2D eigenvalue weighted by Crippen LogP contribution is -2.06. The van der Waals surface area contributed by atoms with Crippen molar-refractivity contribution in [2.75, 3.05) is 5.32 Å². The molecule has 3 aromatic rings. The lowest BCUT2D eigenvalue weighted by atomic mass is 10.2. The highest BCUT2D eigenvalue weighted by molar-refractivity contribution is 5.51. The minimum atomic E-state index is 0.843. The molecule has 2 aromatic heterocycles. The second kappa shape index (κ2) is 5.70. The molecule has 0 aliphatic rings. The number of anilines is 1. The van der Waals surface area contributed by atoms with Gasteiger partial charge in [0, 0.05) is 42.2 Å². The van der Waals surface area contributed by atoms with Gasteiger partial charge in [-0.2, -0.15) is 0 Å². The van der Waals surface area contributed by atoms with Crippen molar-refractivity contribution in [3.8, 4) is 5.69 Å². The van der Waals surface area contributed by atoms with E-state index in [2.05, 4.69) is 76.4 Å². The molecule has 0 unspecified atom stereocenters. The van der Waals surface area contributed by atoms with E-state index in [0.717, 1.165) is 18.8 Å². The third-order valence-corrected chi connectivity index (χ3v) is 3.49. The first-order valence-electron chi connectivity index (χ1n) is 6.98. The molecule has 3 rings (SSSR count). The molecular formula is C17H19N3. The van der Waals surface area contributed by atoms with Gasteiger partial charge in [-0.15, -0.1) is 0 Å². The van der Waals surface area contributed by atoms with Gasteiger partial charge in [0.1, 0.15) is 0 Å². The maximum Gasteiger partial charge on any atom is 0.0553 e. The molecule has 2 heterocycles. The van der Waals surface area contributed by atoms with Crippen molar-refractivity contribution in [2.45, 2.75) is 20.0 Å². The summed E-state index contributed by atoms with van der Waals surface area (Å²) >= 11 is 0. The fourth-order valence-electron chi connectivity index (χ4n) is 2.39. The Morgan fingerprint density at radius 2 is 1.80 bits per heavy atom. The van der Waals surface area contributed by atoms with Crippen molar-refractivity contribution < 1.29 is 0 Å². The van der Waals surface area contributed by atoms with Crippen molar-refractivity contribution in [1.82, 2.24) is 9.13 Å². The van der Waals surface area contributed by atoms with E-state index < -0.39 is 0 Å². The second-order valence-electron chi connectivity index (χ2n) is 4.78. The molecule has 3 heteroatoms. The quantitative estimate of drug-likeness (QED) is 0.742. The molecule has 0 spiro atoms. The van der Waals surface area contributed by atoms with Gasteiger partial charge in [-0.3, -0.25) is 0 Å². The molecule has 0 saturated heterocycles. The Kier molecular flexibility index (Phi) is 3.59. The van der Waals surface area contributed by atoms with Gasteiger partial charge in [0.25, 0.3) is 0 Å². The first-order chi connectivity index (χ1) is 9.86. The number of benzene rings is 1. The predicted octanol–water partition coefficient (Wildman–Crippen LogP) is 3.91. The highest BCUT2D eigenvalue weighted by Crippen LogP contribution is 2.16. The maximum absolute atomic E-state index is 3.49. The van der Waals surface area contributed by atoms with Crippen LogP contribution in [0.1, 0.15) is 12.6 Å². The number of rotatable bonds is 5. The average Bonchev–Trinajstić information content (AvgIpc) is 3.16. The first-order valence-corrected chi connectivity index (χ1v) is 6.98. The number of hydrogen-bond acceptors (Lipinski definition) is 1. The molecule has 0 aliphatic heterocycles. The average molecular weight is 265 g/mol. The molecule has 0 aliphatic carbocycles. The number of aromatic nitrogens is 2. The van der Waals surface area contributed by atoms with Crippen molar-refractivity contribution in [3.63, 3.8) is 0 Å². The predicted molar refractivity (Wildman–Crippen MR) is 83.2 cm³/mol. The summed E-state index contributed by atoms with van der Waals surface area (Å²) in [6.07, 6.45) is 6.23. The molecule has 0 amide bonds. The van der Waals surface area contributed by atoms with Crippen LogP contribution >= 0.6 is 0 Å². The minimum absolute atomic E-state index is 0.843. The summed E-state index contributed by atoms with van der Waals surface area (Å²) in [7, 11) is 0. The Balaban J connectivity index is 1.74. The summed E-state index contributed by atoms with van der Waals surface area (Å²) in [4.78, 5) is 0. The fraction of sp³-hybridized carbons (Fsp3) is 0.176. The molecular weight excluding hydrogens is 246 g/mol. The van der Waals surface area contributed by atoms with Crippen LogP contribution in [0, 0.1) is 0 Å². The smallest absolute Gasteiger partial charge is 0.0553 e. The molecule has 20 heavy (non-hydrogen) atoms. The van der Waals surface area contributed by atoms with E-state index >= 15 is 0 Å². The molecule has 0 saturated carbocycles. The van der Waals surface area contributed by atoms with Gasteiger partial charge in [-0.25, -0.2) is 0 Å². The van der Waals surface area contributed by atoms with Gasteiger partial charge in [0.2, 0.25) is 0 Å². The van der Waals surface area contributed by atoms with Crippen LogP contribution in [0.25, 0.3) is 5.69 Å². The number of nitrogens with zero attached hydrogens (tertiary/aromatic N) is 2. The van der Waals surface area contributed by atoms with E-state index in [0.29, 0.717) is 0 Å². The van der Waals surface area contributed by atoms with Crippen molar-refractivity contribution >= 4 is 5.69 Å². The number of aryl methyl sites for hydroxylation is 1. The maximum atomic E-state index is 3.49. The molecule has 102 valence electrons. The SMILES string of the molecule is CCn1cccc1CNc1cccc(-n2cccc2)c1. The van der Waals surface area contributed by atoms with Gasteiger partial charge >= 0.3 is 0 Å². The van der Waals surface area contributed by atoms with Crippen molar-refractivity contribution in [2.24, 2.45) is 0 Å². The zero-order valence-electron chi connectivity index (χ0n) is 11.7. The molecule has 1 aromatic carbocycles. The van der Waals surface area contributed by atoms with Gasteiger partial charge in [-0.05, 0) is 49.4 Å². The first kappa shape index (κ1) is 12.6. The van der Waals surface area contributed by atoms with E-state index in [1.807, 2.05) is 12.1 Å². The van der Waals surface area contributed by atoms with E-state index in [1.165, 1.54) is 11.4 Å². The number of hydrogen-bond donors (Lipinski definition) is 1. The molecule has 0 radical (unpaired) electrons. The van der Waals surface area contributed by atoms with E-state index in [1.54, 1.807) is 0 Å². The third-order valence-electron chi connectivity index (χ3n) is 3.49. The lowest BCUT2D eigenvalue weighted by molar-refractivity contribution is 0.724. The molecule has 1 N–H and O–H groups in total. The Bertz CT molecular complexity index is 665. The van der Waals surface area contributed by atoms with Crippen LogP contribution in [-0.2, 0) is 13.1 Å². The summed E-state index contributed by atoms with van der Waals surface area (Å²) < 4.78 is 4.36. The Hall–Kier alpha value is -2.42. The summed E-state index contributed by atoms with van der Waals surface area (Å²) in [5.41, 5.74) is 3.62. The largest absolute Gasteiger partial charge is 0.379 e. The Morgan fingerprint density at radius 1 is 0.950 bits per heavy atom. The molecule has 0 atom stereocenters. The van der Waals surface area contributed by atoms with Crippen molar-refractivity contribution in [1.29, 1.82) is 0 Å². The number of nitrogens with one attached hydrogen (secondary N) is 1. The van der Waals surface area contributed by atoms with E-state index in [4.69, 9.17) is 0 Å². The van der Waals surface area contributed by atoms with Crippen LogP contribution in [0.15, 0.2) is 67.1 Å². The van der Waals surface area contributed by atoms with Crippen LogP contribution in [0.4, 0.5) is 5.69 Å². The summed E-state index contributed by atoms with van der Waals surface area (Å²) in [5.74, 6) is 0. The topological polar surface area (TPSA) is 21.9 Å². The van der Waals surface area contributed by atoms with Crippen LogP contribution < -0.4 is 5.32 Å². The standard InChI is InChI=1S/C17H19N3/c1-2-19-12-6-9-17(19)14-18-15-7-5-8-16(13-15)20-10-3-4-11-20/h3-13,18H,2,14H2,1H3. The van der Waals surface area contributed by atoms with Crippen LogP contribution in [0.2, 0.25) is 0 Å². The van der Waals surface area contributed by atoms with E-state index in [-0.39, 0.29) is 0 Å². The third kappa shape index (κ3) is 2.62. The van der Waals surface area contributed by atoms with Gasteiger partial charge in [0.15, 0.2) is 0 Å². The molecule has 0 bridgehead atoms. The fourth-order valence-corrected chi connectivity index (χ4v) is 2.39. The molecule has 0 fully saturated rings. The summed E-state index contributed by atoms with van der Waals surface area (Å²) in [6.45, 7) is 4.01. The zero-order chi connectivity index (χ0) is 13.8. The highest BCUT2D eigenvalue weighted by Gasteiger charge is 2.00. The van der Waals surface area contributed by atoms with Crippen molar-refractivity contribution in [3.05, 3.63) is 72.8 Å². The van der Waals surface area contributed by atoms with Gasteiger partial charge < -0.3 is 14.5 Å². The normalized spacial score (nSPS) is 10.7. The van der Waals surface area contributed by atoms with Crippen LogP contribution in [0.3, 0.4) is 0 Å². The second-order valence-corrected chi connectivity index (χ2v) is 4.78. The highest BCUT2D eigenvalue weighted by atomic mass is 15.0. The zero-order valence-corrected chi connectivity index (χ0v) is 11.7. The monoisotopic (exact) mass is 265 g/mol. The summed E-state index contributed by atoms with van der Waals surface area (Å²) in [6, 6.07) is 16.8. The lowest BCUT2D eigenvalue weighted by Gasteiger charge is -2.11. The van der Waals surface area contributed by atoms with Gasteiger partial charge in [-0.1, -0.05) is 6.07 Å². The molecule has 3 nitrogen and oxygen atoms in total. The van der Waals surface area contributed by atoms with E-state index in [9.17, 15) is 0 Å². The minimum Gasteiger partial charge on any atom is -0.379 e. The Labute approximate surface area is 119 Å². The van der Waals surface area contributed by atoms with Crippen LogP contribution in [0.5, 0.6) is 0 Å².